The van der Waals surface area contributed by atoms with E-state index >= 15 is 0 Å². The van der Waals surface area contributed by atoms with Crippen LogP contribution in [0.2, 0.25) is 0 Å². The molecule has 1 heterocycles. The van der Waals surface area contributed by atoms with Crippen molar-refractivity contribution in [2.75, 3.05) is 20.3 Å². The third kappa shape index (κ3) is 6.91. The van der Waals surface area contributed by atoms with Gasteiger partial charge in [-0.2, -0.15) is 31.6 Å². The van der Waals surface area contributed by atoms with Crippen LogP contribution in [0.15, 0.2) is 18.2 Å². The first-order chi connectivity index (χ1) is 16.9. The molecule has 0 spiro atoms. The Kier molecular flexibility index (Phi) is 8.93. The zero-order valence-corrected chi connectivity index (χ0v) is 20.1. The molecule has 4 rings (SSSR count). The van der Waals surface area contributed by atoms with Crippen molar-refractivity contribution in [2.45, 2.75) is 69.9 Å². The van der Waals surface area contributed by atoms with Crippen molar-refractivity contribution in [3.8, 4) is 6.07 Å². The third-order valence-electron chi connectivity index (χ3n) is 7.34. The van der Waals surface area contributed by atoms with Gasteiger partial charge in [-0.3, -0.25) is 4.79 Å². The molecule has 1 aromatic rings. The number of nitrogens with zero attached hydrogens (tertiary/aromatic N) is 1. The summed E-state index contributed by atoms with van der Waals surface area (Å²) in [6.45, 7) is 1.44. The lowest BCUT2D eigenvalue weighted by Crippen LogP contribution is -2.41. The predicted octanol–water partition coefficient (Wildman–Crippen LogP) is 5.45. The third-order valence-corrected chi connectivity index (χ3v) is 7.34. The maximum absolute atomic E-state index is 13.0. The number of amides is 1. The van der Waals surface area contributed by atoms with Gasteiger partial charge < -0.3 is 15.4 Å². The maximum Gasteiger partial charge on any atom is 0.416 e. The molecule has 1 aromatic carbocycles. The number of halogens is 6. The zero-order valence-electron chi connectivity index (χ0n) is 20.1. The Bertz CT molecular complexity index is 912. The summed E-state index contributed by atoms with van der Waals surface area (Å²) in [5.41, 5.74) is -3.83. The van der Waals surface area contributed by atoms with Gasteiger partial charge in [0.1, 0.15) is 0 Å². The molecule has 3 fully saturated rings. The van der Waals surface area contributed by atoms with E-state index in [1.807, 2.05) is 7.05 Å². The Morgan fingerprint density at radius 3 is 2.03 bits per heavy atom. The molecule has 2 N–H and O–H groups in total. The number of hydrogen-bond acceptors (Lipinski definition) is 4. The first kappa shape index (κ1) is 28.3. The minimum absolute atomic E-state index is 0.0610. The number of carbonyl (C=O) groups excluding carboxylic acids is 1. The van der Waals surface area contributed by atoms with E-state index in [1.54, 1.807) is 0 Å². The first-order valence-corrected chi connectivity index (χ1v) is 12.1. The van der Waals surface area contributed by atoms with Crippen LogP contribution in [0.3, 0.4) is 0 Å². The highest BCUT2D eigenvalue weighted by molar-refractivity contribution is 5.84. The molecular weight excluding hydrogens is 488 g/mol. The van der Waals surface area contributed by atoms with E-state index in [4.69, 9.17) is 10.00 Å². The summed E-state index contributed by atoms with van der Waals surface area (Å²) in [4.78, 5) is 12.8. The van der Waals surface area contributed by atoms with Gasteiger partial charge in [0.05, 0.1) is 28.5 Å². The van der Waals surface area contributed by atoms with Gasteiger partial charge in [0.15, 0.2) is 0 Å². The number of nitrogens with one attached hydrogen (secondary N) is 2. The van der Waals surface area contributed by atoms with Crippen LogP contribution < -0.4 is 10.6 Å². The molecule has 0 aromatic heterocycles. The average molecular weight is 520 g/mol. The Labute approximate surface area is 206 Å². The zero-order chi connectivity index (χ0) is 26.6. The second-order valence-corrected chi connectivity index (χ2v) is 9.71. The van der Waals surface area contributed by atoms with E-state index in [0.29, 0.717) is 37.4 Å². The quantitative estimate of drug-likeness (QED) is 0.508. The number of benzene rings is 1. The summed E-state index contributed by atoms with van der Waals surface area (Å²) in [6.07, 6.45) is -4.12. The van der Waals surface area contributed by atoms with Gasteiger partial charge in [-0.05, 0) is 68.8 Å². The van der Waals surface area contributed by atoms with Crippen molar-refractivity contribution >= 4 is 5.91 Å². The van der Waals surface area contributed by atoms with Crippen LogP contribution in [-0.2, 0) is 28.4 Å². The van der Waals surface area contributed by atoms with Crippen molar-refractivity contribution in [1.82, 2.24) is 10.6 Å². The van der Waals surface area contributed by atoms with Crippen LogP contribution in [0.1, 0.15) is 61.6 Å². The smallest absolute Gasteiger partial charge is 0.381 e. The van der Waals surface area contributed by atoms with Crippen molar-refractivity contribution in [2.24, 2.45) is 17.3 Å². The summed E-state index contributed by atoms with van der Waals surface area (Å²) < 4.78 is 82.9. The molecule has 200 valence electrons. The lowest BCUT2D eigenvalue weighted by molar-refractivity contribution is -0.143. The van der Waals surface area contributed by atoms with E-state index in [0.717, 1.165) is 26.1 Å². The van der Waals surface area contributed by atoms with Gasteiger partial charge in [0.25, 0.3) is 0 Å². The van der Waals surface area contributed by atoms with E-state index < -0.39 is 41.3 Å². The molecule has 3 aliphatic rings. The monoisotopic (exact) mass is 519 g/mol. The highest BCUT2D eigenvalue weighted by atomic mass is 19.4. The molecule has 0 bridgehead atoms. The van der Waals surface area contributed by atoms with Crippen LogP contribution in [-0.4, -0.2) is 32.2 Å². The van der Waals surface area contributed by atoms with E-state index in [1.165, 1.54) is 12.8 Å². The highest BCUT2D eigenvalue weighted by Crippen LogP contribution is 2.58. The van der Waals surface area contributed by atoms with Crippen molar-refractivity contribution in [3.05, 3.63) is 34.9 Å². The molecule has 36 heavy (non-hydrogen) atoms. The Hall–Kier alpha value is -2.32. The molecular formula is C25H31F6N3O2. The fourth-order valence-electron chi connectivity index (χ4n) is 5.19. The Morgan fingerprint density at radius 1 is 1.06 bits per heavy atom. The van der Waals surface area contributed by atoms with Crippen LogP contribution in [0.5, 0.6) is 0 Å². The van der Waals surface area contributed by atoms with Crippen LogP contribution in [0.25, 0.3) is 0 Å². The molecule has 0 radical (unpaired) electrons. The maximum atomic E-state index is 13.0. The second-order valence-electron chi connectivity index (χ2n) is 9.71. The molecule has 5 nitrogen and oxygen atoms in total. The first-order valence-electron chi connectivity index (χ1n) is 12.1. The lowest BCUT2D eigenvalue weighted by atomic mass is 9.79. The van der Waals surface area contributed by atoms with Gasteiger partial charge in [0, 0.05) is 25.8 Å². The van der Waals surface area contributed by atoms with Crippen LogP contribution in [0, 0.1) is 28.6 Å². The largest absolute Gasteiger partial charge is 0.416 e. The van der Waals surface area contributed by atoms with Gasteiger partial charge in [0.2, 0.25) is 5.91 Å². The minimum atomic E-state index is -4.93. The van der Waals surface area contributed by atoms with E-state index in [-0.39, 0.29) is 23.5 Å². The van der Waals surface area contributed by atoms with Gasteiger partial charge in [-0.15, -0.1) is 0 Å². The molecule has 2 saturated carbocycles. The van der Waals surface area contributed by atoms with Crippen LogP contribution in [0.4, 0.5) is 26.3 Å². The molecule has 1 amide bonds. The van der Waals surface area contributed by atoms with E-state index in [2.05, 4.69) is 16.7 Å². The minimum Gasteiger partial charge on any atom is -0.381 e. The standard InChI is InChI=1S/C19H18F6N2O.C6H13NO/c20-18(21,22)13-5-11(6-14(8-13)19(23,24)25)10-27-16(28)17(3-1-2-4-17)15-7-12(15)9-26;1-7-6-2-4-8-5-3-6/h5-6,8,12,15H,1-4,7,10H2,(H,27,28);6-7H,2-5H2,1H3. The fourth-order valence-corrected chi connectivity index (χ4v) is 5.19. The second kappa shape index (κ2) is 11.4. The summed E-state index contributed by atoms with van der Waals surface area (Å²) >= 11 is 0. The van der Waals surface area contributed by atoms with Crippen molar-refractivity contribution < 1.29 is 35.9 Å². The molecule has 2 atom stereocenters. The topological polar surface area (TPSA) is 74.1 Å². The summed E-state index contributed by atoms with van der Waals surface area (Å²) in [5.74, 6) is -0.694. The average Bonchev–Trinajstić information content (AvgIpc) is 3.48. The van der Waals surface area contributed by atoms with Gasteiger partial charge in [-0.1, -0.05) is 12.8 Å². The SMILES string of the molecule is CNC1CCOCC1.N#CC1CC1C1(C(=O)NCc2cc(C(F)(F)F)cc(C(F)(F)F)c2)CCCC1. The molecule has 1 saturated heterocycles. The highest BCUT2D eigenvalue weighted by Gasteiger charge is 2.57. The number of carbonyl (C=O) groups is 1. The number of hydrogen-bond donors (Lipinski definition) is 2. The molecule has 1 aliphatic heterocycles. The lowest BCUT2D eigenvalue weighted by Gasteiger charge is -2.28. The number of ether oxygens (including phenoxy) is 1. The number of alkyl halides is 6. The normalized spacial score (nSPS) is 23.8. The van der Waals surface area contributed by atoms with E-state index in [9.17, 15) is 31.1 Å². The summed E-state index contributed by atoms with van der Waals surface area (Å²) in [7, 11) is 2.01. The predicted molar refractivity (Wildman–Crippen MR) is 119 cm³/mol. The van der Waals surface area contributed by atoms with Gasteiger partial charge >= 0.3 is 12.4 Å². The van der Waals surface area contributed by atoms with Crippen LogP contribution >= 0.6 is 0 Å². The Balaban J connectivity index is 0.000000383. The number of nitriles is 1. The Morgan fingerprint density at radius 2 is 1.61 bits per heavy atom. The summed E-state index contributed by atoms with van der Waals surface area (Å²) in [6, 6.07) is 4.14. The van der Waals surface area contributed by atoms with Crippen molar-refractivity contribution in [3.63, 3.8) is 0 Å². The molecule has 2 aliphatic carbocycles. The molecule has 2 unspecified atom stereocenters. The van der Waals surface area contributed by atoms with Gasteiger partial charge in [-0.25, -0.2) is 0 Å². The van der Waals surface area contributed by atoms with Crippen molar-refractivity contribution in [1.29, 1.82) is 5.26 Å². The summed E-state index contributed by atoms with van der Waals surface area (Å²) in [5, 5.41) is 14.8. The molecule has 11 heteroatoms. The fraction of sp³-hybridized carbons (Fsp3) is 0.680. The number of rotatable bonds is 5.